The predicted molar refractivity (Wildman–Crippen MR) is 264 cm³/mol. The average molecular weight is 823 g/mol. The lowest BCUT2D eigenvalue weighted by Gasteiger charge is -2.31. The molecule has 0 unspecified atom stereocenters. The van der Waals surface area contributed by atoms with Crippen LogP contribution in [0.2, 0.25) is 0 Å². The van der Waals surface area contributed by atoms with Crippen LogP contribution in [0.15, 0.2) is 267 Å². The molecule has 2 nitrogen and oxygen atoms in total. The maximum absolute atomic E-state index is 13.0. The lowest BCUT2D eigenvalue weighted by molar-refractivity contribution is 0.125. The van der Waals surface area contributed by atoms with E-state index in [9.17, 15) is 10.2 Å². The molecule has 2 heteroatoms. The van der Waals surface area contributed by atoms with Crippen molar-refractivity contribution in [2.45, 2.75) is 11.2 Å². The number of benzene rings is 10. The Morgan fingerprint density at radius 3 is 0.422 bits per heavy atom. The van der Waals surface area contributed by atoms with Crippen LogP contribution < -0.4 is 0 Å². The Hall–Kier alpha value is -7.88. The highest BCUT2D eigenvalue weighted by atomic mass is 16.3. The summed E-state index contributed by atoms with van der Waals surface area (Å²) in [6.07, 6.45) is 0. The molecule has 2 N–H and O–H groups in total. The van der Waals surface area contributed by atoms with Crippen LogP contribution in [0.3, 0.4) is 0 Å². The standard InChI is InChI=1S/C62H46O2/c63-61(55-33-21-49(22-34-55)45-13-5-1-6-14-45,56-35-23-50(24-36-56)46-15-7-2-8-16-46)59-41-29-53(30-42-59)54-31-43-60(44-32-54)62(64,57-37-25-51(26-38-57)47-17-9-3-10-18-47)58-39-27-52(28-40-58)48-19-11-4-12-20-48/h1-44,63-64H. The zero-order chi connectivity index (χ0) is 43.4. The molecule has 10 rings (SSSR count). The van der Waals surface area contributed by atoms with E-state index in [1.807, 2.05) is 146 Å². The highest BCUT2D eigenvalue weighted by Crippen LogP contribution is 2.42. The summed E-state index contributed by atoms with van der Waals surface area (Å²) in [7, 11) is 0. The van der Waals surface area contributed by atoms with Gasteiger partial charge in [-0.05, 0) is 89.0 Å². The van der Waals surface area contributed by atoms with E-state index in [1.54, 1.807) is 0 Å². The van der Waals surface area contributed by atoms with Crippen molar-refractivity contribution in [3.63, 3.8) is 0 Å². The molecule has 10 aromatic rings. The summed E-state index contributed by atoms with van der Waals surface area (Å²) in [5, 5.41) is 26.0. The highest BCUT2D eigenvalue weighted by molar-refractivity contribution is 5.70. The number of hydrogen-bond donors (Lipinski definition) is 2. The van der Waals surface area contributed by atoms with Gasteiger partial charge >= 0.3 is 0 Å². The molecule has 306 valence electrons. The smallest absolute Gasteiger partial charge is 0.140 e. The molecule has 0 spiro atoms. The summed E-state index contributed by atoms with van der Waals surface area (Å²) in [6, 6.07) is 90.5. The number of rotatable bonds is 11. The van der Waals surface area contributed by atoms with Crippen LogP contribution in [0, 0.1) is 0 Å². The fourth-order valence-electron chi connectivity index (χ4n) is 8.95. The van der Waals surface area contributed by atoms with Gasteiger partial charge in [0.05, 0.1) is 0 Å². The zero-order valence-electron chi connectivity index (χ0n) is 35.3. The van der Waals surface area contributed by atoms with Crippen molar-refractivity contribution in [2.24, 2.45) is 0 Å². The Balaban J connectivity index is 0.992. The summed E-state index contributed by atoms with van der Waals surface area (Å²) in [6.45, 7) is 0. The fraction of sp³-hybridized carbons (Fsp3) is 0.0323. The molecular formula is C62H46O2. The Morgan fingerprint density at radius 2 is 0.281 bits per heavy atom. The maximum Gasteiger partial charge on any atom is 0.140 e. The van der Waals surface area contributed by atoms with Crippen LogP contribution in [-0.4, -0.2) is 10.2 Å². The zero-order valence-corrected chi connectivity index (χ0v) is 35.3. The van der Waals surface area contributed by atoms with Gasteiger partial charge in [0.1, 0.15) is 11.2 Å². The summed E-state index contributed by atoms with van der Waals surface area (Å²) in [5.74, 6) is 0. The Kier molecular flexibility index (Phi) is 11.0. The molecule has 0 saturated heterocycles. The van der Waals surface area contributed by atoms with Crippen LogP contribution in [0.5, 0.6) is 0 Å². The van der Waals surface area contributed by atoms with Crippen LogP contribution in [0.25, 0.3) is 55.6 Å². The first-order valence-corrected chi connectivity index (χ1v) is 21.8. The molecule has 0 aliphatic carbocycles. The Labute approximate surface area is 375 Å². The number of hydrogen-bond acceptors (Lipinski definition) is 2. The predicted octanol–water partition coefficient (Wildman–Crippen LogP) is 14.6. The van der Waals surface area contributed by atoms with Gasteiger partial charge in [0.2, 0.25) is 0 Å². The van der Waals surface area contributed by atoms with Gasteiger partial charge in [-0.3, -0.25) is 0 Å². The molecule has 0 atom stereocenters. The Morgan fingerprint density at radius 1 is 0.156 bits per heavy atom. The highest BCUT2D eigenvalue weighted by Gasteiger charge is 2.35. The lowest BCUT2D eigenvalue weighted by atomic mass is 9.78. The summed E-state index contributed by atoms with van der Waals surface area (Å²) in [4.78, 5) is 0. The molecule has 64 heavy (non-hydrogen) atoms. The van der Waals surface area contributed by atoms with Gasteiger partial charge in [-0.1, -0.05) is 267 Å². The van der Waals surface area contributed by atoms with E-state index in [0.29, 0.717) is 0 Å². The fourth-order valence-corrected chi connectivity index (χ4v) is 8.95. The average Bonchev–Trinajstić information content (AvgIpc) is 3.39. The molecule has 0 heterocycles. The molecule has 0 aliphatic heterocycles. The van der Waals surface area contributed by atoms with Gasteiger partial charge in [-0.25, -0.2) is 0 Å². The minimum atomic E-state index is -1.42. The van der Waals surface area contributed by atoms with Crippen LogP contribution >= 0.6 is 0 Å². The van der Waals surface area contributed by atoms with E-state index >= 15 is 0 Å². The molecule has 10 aromatic carbocycles. The van der Waals surface area contributed by atoms with Crippen LogP contribution in [-0.2, 0) is 11.2 Å². The molecule has 0 bridgehead atoms. The van der Waals surface area contributed by atoms with Crippen molar-refractivity contribution in [1.29, 1.82) is 0 Å². The monoisotopic (exact) mass is 822 g/mol. The quantitative estimate of drug-likeness (QED) is 0.128. The lowest BCUT2D eigenvalue weighted by Crippen LogP contribution is -2.29. The minimum absolute atomic E-state index is 0.764. The first-order chi connectivity index (χ1) is 31.5. The molecule has 0 aromatic heterocycles. The summed E-state index contributed by atoms with van der Waals surface area (Å²) < 4.78 is 0. The minimum Gasteiger partial charge on any atom is -0.376 e. The van der Waals surface area contributed by atoms with Crippen molar-refractivity contribution < 1.29 is 10.2 Å². The van der Waals surface area contributed by atoms with Crippen molar-refractivity contribution in [1.82, 2.24) is 0 Å². The van der Waals surface area contributed by atoms with E-state index in [1.165, 1.54) is 0 Å². The first kappa shape index (κ1) is 40.2. The molecule has 0 saturated carbocycles. The van der Waals surface area contributed by atoms with E-state index in [2.05, 4.69) is 121 Å². The van der Waals surface area contributed by atoms with Gasteiger partial charge in [0.25, 0.3) is 0 Å². The van der Waals surface area contributed by atoms with Crippen molar-refractivity contribution >= 4 is 0 Å². The van der Waals surface area contributed by atoms with Gasteiger partial charge < -0.3 is 10.2 Å². The van der Waals surface area contributed by atoms with Crippen LogP contribution in [0.4, 0.5) is 0 Å². The molecular weight excluding hydrogens is 777 g/mol. The van der Waals surface area contributed by atoms with Crippen molar-refractivity contribution in [3.8, 4) is 55.6 Å². The SMILES string of the molecule is OC(c1ccc(-c2ccccc2)cc1)(c1ccc(-c2ccccc2)cc1)c1ccc(-c2ccc(C(O)(c3ccc(-c4ccccc4)cc3)c3ccc(-c4ccccc4)cc3)cc2)cc1. The normalized spacial score (nSPS) is 11.6. The van der Waals surface area contributed by atoms with Gasteiger partial charge in [0, 0.05) is 0 Å². The molecule has 0 fully saturated rings. The third-order valence-corrected chi connectivity index (χ3v) is 12.6. The van der Waals surface area contributed by atoms with Gasteiger partial charge in [-0.2, -0.15) is 0 Å². The second-order valence-electron chi connectivity index (χ2n) is 16.3. The largest absolute Gasteiger partial charge is 0.376 e. The van der Waals surface area contributed by atoms with Crippen molar-refractivity contribution in [3.05, 3.63) is 300 Å². The van der Waals surface area contributed by atoms with E-state index in [0.717, 1.165) is 89.0 Å². The van der Waals surface area contributed by atoms with E-state index in [-0.39, 0.29) is 0 Å². The molecule has 0 radical (unpaired) electrons. The summed E-state index contributed by atoms with van der Waals surface area (Å²) in [5.41, 5.74) is 12.7. The molecule has 0 aliphatic rings. The van der Waals surface area contributed by atoms with E-state index < -0.39 is 11.2 Å². The van der Waals surface area contributed by atoms with Gasteiger partial charge in [0.15, 0.2) is 0 Å². The van der Waals surface area contributed by atoms with Crippen molar-refractivity contribution in [2.75, 3.05) is 0 Å². The van der Waals surface area contributed by atoms with Gasteiger partial charge in [-0.15, -0.1) is 0 Å². The Bertz CT molecular complexity index is 2690. The third kappa shape index (κ3) is 7.78. The summed E-state index contributed by atoms with van der Waals surface area (Å²) >= 11 is 0. The molecule has 0 amide bonds. The number of aliphatic hydroxyl groups is 2. The third-order valence-electron chi connectivity index (χ3n) is 12.6. The maximum atomic E-state index is 13.0. The topological polar surface area (TPSA) is 40.5 Å². The van der Waals surface area contributed by atoms with Crippen LogP contribution in [0.1, 0.15) is 33.4 Å². The van der Waals surface area contributed by atoms with E-state index in [4.69, 9.17) is 0 Å². The second kappa shape index (κ2) is 17.5. The second-order valence-corrected chi connectivity index (χ2v) is 16.3. The first-order valence-electron chi connectivity index (χ1n) is 21.8.